The van der Waals surface area contributed by atoms with Gasteiger partial charge in [-0.25, -0.2) is 0 Å². The van der Waals surface area contributed by atoms with Crippen LogP contribution in [-0.4, -0.2) is 40.0 Å². The summed E-state index contributed by atoms with van der Waals surface area (Å²) in [5.74, 6) is -1.99. The molecule has 0 bridgehead atoms. The Labute approximate surface area is 131 Å². The van der Waals surface area contributed by atoms with Gasteiger partial charge in [0.15, 0.2) is 0 Å². The minimum absolute atomic E-state index is 0.220. The van der Waals surface area contributed by atoms with Crippen molar-refractivity contribution in [2.45, 2.75) is 6.54 Å². The van der Waals surface area contributed by atoms with Crippen molar-refractivity contribution in [3.05, 3.63) is 58.0 Å². The molecular formula is C14H14N4O5. The largest absolute Gasteiger partial charge is 0.468 e. The van der Waals surface area contributed by atoms with E-state index in [9.17, 15) is 19.7 Å². The smallest absolute Gasteiger partial charge is 0.394 e. The number of carbonyl (C=O) groups excluding carboxylic acids is 2. The second kappa shape index (κ2) is 7.16. The first-order chi connectivity index (χ1) is 11.0. The molecule has 0 fully saturated rings. The summed E-state index contributed by atoms with van der Waals surface area (Å²) in [6, 6.07) is 9.11. The minimum atomic E-state index is -0.768. The quantitative estimate of drug-likeness (QED) is 0.477. The van der Waals surface area contributed by atoms with Crippen molar-refractivity contribution in [2.75, 3.05) is 13.7 Å². The van der Waals surface area contributed by atoms with Gasteiger partial charge in [0.2, 0.25) is 12.0 Å². The molecule has 0 spiro atoms. The number of nitro groups is 1. The Hall–Kier alpha value is -3.23. The van der Waals surface area contributed by atoms with Crippen LogP contribution < -0.4 is 5.32 Å². The highest BCUT2D eigenvalue weighted by Crippen LogP contribution is 2.17. The molecule has 9 nitrogen and oxygen atoms in total. The molecule has 0 unspecified atom stereocenters. The van der Waals surface area contributed by atoms with Gasteiger partial charge in [0, 0.05) is 0 Å². The number of imidazole rings is 1. The van der Waals surface area contributed by atoms with E-state index >= 15 is 0 Å². The van der Waals surface area contributed by atoms with Crippen molar-refractivity contribution in [2.24, 2.45) is 0 Å². The van der Waals surface area contributed by atoms with Crippen LogP contribution in [0.15, 0.2) is 36.7 Å². The van der Waals surface area contributed by atoms with Gasteiger partial charge < -0.3 is 20.2 Å². The van der Waals surface area contributed by atoms with Gasteiger partial charge in [-0.3, -0.25) is 14.2 Å². The zero-order valence-corrected chi connectivity index (χ0v) is 12.3. The standard InChI is InChI=1S/C14H14N4O5/c1-23-11(19)7-15-14(20)12-13(18(21)22)16-9-17(12)8-10-5-3-2-4-6-10/h2-6,9H,7-8H2,1H3,(H,15,20). The van der Waals surface area contributed by atoms with Gasteiger partial charge in [0.25, 0.3) is 5.91 Å². The fourth-order valence-corrected chi connectivity index (χ4v) is 1.95. The van der Waals surface area contributed by atoms with Crippen molar-refractivity contribution in [1.82, 2.24) is 14.9 Å². The monoisotopic (exact) mass is 318 g/mol. The molecule has 0 saturated carbocycles. The lowest BCUT2D eigenvalue weighted by atomic mass is 10.2. The Morgan fingerprint density at radius 3 is 2.65 bits per heavy atom. The molecule has 2 aromatic rings. The number of rotatable bonds is 6. The number of carbonyl (C=O) groups is 2. The fraction of sp³-hybridized carbons (Fsp3) is 0.214. The molecule has 2 rings (SSSR count). The minimum Gasteiger partial charge on any atom is -0.468 e. The van der Waals surface area contributed by atoms with Crippen LogP contribution in [0.2, 0.25) is 0 Å². The van der Waals surface area contributed by atoms with Gasteiger partial charge in [0.1, 0.15) is 6.54 Å². The maximum Gasteiger partial charge on any atom is 0.394 e. The normalized spacial score (nSPS) is 10.1. The van der Waals surface area contributed by atoms with Crippen molar-refractivity contribution in [1.29, 1.82) is 0 Å². The number of methoxy groups -OCH3 is 1. The van der Waals surface area contributed by atoms with Crippen LogP contribution in [0.25, 0.3) is 0 Å². The third kappa shape index (κ3) is 3.90. The van der Waals surface area contributed by atoms with E-state index < -0.39 is 22.6 Å². The first-order valence-electron chi connectivity index (χ1n) is 6.61. The molecule has 1 N–H and O–H groups in total. The predicted molar refractivity (Wildman–Crippen MR) is 78.8 cm³/mol. The first-order valence-corrected chi connectivity index (χ1v) is 6.61. The second-order valence-electron chi connectivity index (χ2n) is 4.55. The maximum absolute atomic E-state index is 12.2. The second-order valence-corrected chi connectivity index (χ2v) is 4.55. The molecule has 120 valence electrons. The fourth-order valence-electron chi connectivity index (χ4n) is 1.95. The first kappa shape index (κ1) is 16.1. The SMILES string of the molecule is COC(=O)CNC(=O)c1c([N+](=O)[O-])ncn1Cc1ccccc1. The van der Waals surface area contributed by atoms with Gasteiger partial charge >= 0.3 is 11.8 Å². The van der Waals surface area contributed by atoms with Crippen molar-refractivity contribution in [3.8, 4) is 0 Å². The van der Waals surface area contributed by atoms with Gasteiger partial charge in [-0.05, 0) is 15.5 Å². The van der Waals surface area contributed by atoms with Crippen LogP contribution in [0, 0.1) is 10.1 Å². The molecule has 1 amide bonds. The molecule has 9 heteroatoms. The summed E-state index contributed by atoms with van der Waals surface area (Å²) in [5.41, 5.74) is 0.629. The van der Waals surface area contributed by atoms with Crippen LogP contribution in [0.1, 0.15) is 16.1 Å². The molecule has 0 aliphatic heterocycles. The molecule has 1 heterocycles. The zero-order valence-electron chi connectivity index (χ0n) is 12.3. The molecule has 23 heavy (non-hydrogen) atoms. The van der Waals surface area contributed by atoms with E-state index in [1.807, 2.05) is 30.3 Å². The Balaban J connectivity index is 2.27. The number of aromatic nitrogens is 2. The predicted octanol–water partition coefficient (Wildman–Crippen LogP) is 0.742. The molecule has 1 aromatic heterocycles. The summed E-state index contributed by atoms with van der Waals surface area (Å²) < 4.78 is 5.77. The topological polar surface area (TPSA) is 116 Å². The van der Waals surface area contributed by atoms with E-state index in [4.69, 9.17) is 0 Å². The van der Waals surface area contributed by atoms with E-state index in [2.05, 4.69) is 15.0 Å². The molecule has 0 aliphatic rings. The lowest BCUT2D eigenvalue weighted by Crippen LogP contribution is -2.32. The summed E-state index contributed by atoms with van der Waals surface area (Å²) in [5, 5.41) is 13.3. The van der Waals surface area contributed by atoms with Crippen LogP contribution in [-0.2, 0) is 16.1 Å². The number of ether oxygens (including phenoxy) is 1. The van der Waals surface area contributed by atoms with E-state index in [1.54, 1.807) is 0 Å². The number of amides is 1. The average Bonchev–Trinajstić information content (AvgIpc) is 2.97. The van der Waals surface area contributed by atoms with Crippen molar-refractivity contribution in [3.63, 3.8) is 0 Å². The molecule has 0 aliphatic carbocycles. The number of esters is 1. The molecule has 1 aromatic carbocycles. The number of benzene rings is 1. The molecule has 0 radical (unpaired) electrons. The number of nitrogens with zero attached hydrogens (tertiary/aromatic N) is 3. The molecule has 0 atom stereocenters. The summed E-state index contributed by atoms with van der Waals surface area (Å²) >= 11 is 0. The van der Waals surface area contributed by atoms with Crippen LogP contribution in [0.3, 0.4) is 0 Å². The number of hydrogen-bond donors (Lipinski definition) is 1. The summed E-state index contributed by atoms with van der Waals surface area (Å²) in [7, 11) is 1.18. The lowest BCUT2D eigenvalue weighted by molar-refractivity contribution is -0.389. The van der Waals surface area contributed by atoms with Crippen LogP contribution in [0.5, 0.6) is 0 Å². The maximum atomic E-state index is 12.2. The Morgan fingerprint density at radius 2 is 2.04 bits per heavy atom. The van der Waals surface area contributed by atoms with Crippen molar-refractivity contribution >= 4 is 17.7 Å². The average molecular weight is 318 g/mol. The number of hydrogen-bond acceptors (Lipinski definition) is 6. The zero-order chi connectivity index (χ0) is 16.8. The Kier molecular flexibility index (Phi) is 5.03. The Morgan fingerprint density at radius 1 is 1.35 bits per heavy atom. The Bertz CT molecular complexity index is 726. The van der Waals surface area contributed by atoms with E-state index in [0.717, 1.165) is 5.56 Å². The summed E-state index contributed by atoms with van der Waals surface area (Å²) in [6.45, 7) is -0.147. The van der Waals surface area contributed by atoms with Gasteiger partial charge in [-0.1, -0.05) is 30.3 Å². The molecular weight excluding hydrogens is 304 g/mol. The van der Waals surface area contributed by atoms with Gasteiger partial charge in [-0.15, -0.1) is 0 Å². The summed E-state index contributed by atoms with van der Waals surface area (Å²) in [4.78, 5) is 37.2. The van der Waals surface area contributed by atoms with Crippen molar-refractivity contribution < 1.29 is 19.2 Å². The highest BCUT2D eigenvalue weighted by atomic mass is 16.6. The van der Waals surface area contributed by atoms with E-state index in [1.165, 1.54) is 18.0 Å². The highest BCUT2D eigenvalue weighted by molar-refractivity contribution is 5.97. The highest BCUT2D eigenvalue weighted by Gasteiger charge is 2.28. The third-order valence-electron chi connectivity index (χ3n) is 3.02. The molecule has 0 saturated heterocycles. The van der Waals surface area contributed by atoms with Gasteiger partial charge in [-0.2, -0.15) is 0 Å². The summed E-state index contributed by atoms with van der Waals surface area (Å²) in [6.07, 6.45) is 1.22. The van der Waals surface area contributed by atoms with Crippen LogP contribution in [0.4, 0.5) is 5.82 Å². The van der Waals surface area contributed by atoms with E-state index in [-0.39, 0.29) is 18.8 Å². The third-order valence-corrected chi connectivity index (χ3v) is 3.02. The van der Waals surface area contributed by atoms with Gasteiger partial charge in [0.05, 0.1) is 13.7 Å². The number of nitrogens with one attached hydrogen (secondary N) is 1. The lowest BCUT2D eigenvalue weighted by Gasteiger charge is -2.07. The van der Waals surface area contributed by atoms with E-state index in [0.29, 0.717) is 0 Å². The van der Waals surface area contributed by atoms with Crippen LogP contribution >= 0.6 is 0 Å².